The lowest BCUT2D eigenvalue weighted by atomic mass is 9.81. The van der Waals surface area contributed by atoms with Gasteiger partial charge in [0.15, 0.2) is 6.61 Å². The molecule has 5 nitrogen and oxygen atoms in total. The van der Waals surface area contributed by atoms with E-state index in [-0.39, 0.29) is 0 Å². The molecule has 1 aromatic rings. The van der Waals surface area contributed by atoms with Crippen LogP contribution in [0, 0.1) is 11.3 Å². The SMILES string of the molecule is CN(C(=O)COC(=O)c1ccccc1C(F)(F)F)C1(C#N)CCCCC1. The Kier molecular flexibility index (Phi) is 5.90. The van der Waals surface area contributed by atoms with Crippen LogP contribution in [-0.4, -0.2) is 36.0 Å². The van der Waals surface area contributed by atoms with Gasteiger partial charge in [0.2, 0.25) is 0 Å². The van der Waals surface area contributed by atoms with Crippen molar-refractivity contribution < 1.29 is 27.5 Å². The van der Waals surface area contributed by atoms with Crippen molar-refractivity contribution in [3.8, 4) is 6.07 Å². The number of halogens is 3. The van der Waals surface area contributed by atoms with Crippen LogP contribution in [0.2, 0.25) is 0 Å². The molecule has 26 heavy (non-hydrogen) atoms. The number of esters is 1. The Balaban J connectivity index is 2.06. The quantitative estimate of drug-likeness (QED) is 0.762. The molecule has 8 heteroatoms. The molecule has 0 unspecified atom stereocenters. The number of hydrogen-bond donors (Lipinski definition) is 0. The fraction of sp³-hybridized carbons (Fsp3) is 0.500. The lowest BCUT2D eigenvalue weighted by Gasteiger charge is -2.38. The van der Waals surface area contributed by atoms with Crippen molar-refractivity contribution in [3.63, 3.8) is 0 Å². The lowest BCUT2D eigenvalue weighted by Crippen LogP contribution is -2.51. The molecule has 2 rings (SSSR count). The van der Waals surface area contributed by atoms with Crippen molar-refractivity contribution in [2.24, 2.45) is 0 Å². The third-order valence-electron chi connectivity index (χ3n) is 4.68. The topological polar surface area (TPSA) is 70.4 Å². The molecule has 0 aliphatic heterocycles. The number of carbonyl (C=O) groups is 2. The van der Waals surface area contributed by atoms with Crippen molar-refractivity contribution >= 4 is 11.9 Å². The summed E-state index contributed by atoms with van der Waals surface area (Å²) in [7, 11) is 1.45. The van der Waals surface area contributed by atoms with E-state index < -0.39 is 41.3 Å². The van der Waals surface area contributed by atoms with Gasteiger partial charge in [-0.05, 0) is 25.0 Å². The van der Waals surface area contributed by atoms with Crippen LogP contribution in [0.25, 0.3) is 0 Å². The third-order valence-corrected chi connectivity index (χ3v) is 4.68. The van der Waals surface area contributed by atoms with Crippen LogP contribution in [0.15, 0.2) is 24.3 Å². The molecule has 1 saturated carbocycles. The summed E-state index contributed by atoms with van der Waals surface area (Å²) < 4.78 is 43.7. The predicted octanol–water partition coefficient (Wildman–Crippen LogP) is 3.55. The van der Waals surface area contributed by atoms with Gasteiger partial charge in [-0.25, -0.2) is 4.79 Å². The van der Waals surface area contributed by atoms with E-state index in [0.29, 0.717) is 12.8 Å². The summed E-state index contributed by atoms with van der Waals surface area (Å²) in [6, 6.07) is 6.38. The summed E-state index contributed by atoms with van der Waals surface area (Å²) >= 11 is 0. The molecule has 0 radical (unpaired) electrons. The van der Waals surface area contributed by atoms with Gasteiger partial charge in [-0.3, -0.25) is 4.79 Å². The van der Waals surface area contributed by atoms with E-state index in [2.05, 4.69) is 6.07 Å². The number of nitriles is 1. The number of nitrogens with zero attached hydrogens (tertiary/aromatic N) is 2. The van der Waals surface area contributed by atoms with Gasteiger partial charge >= 0.3 is 12.1 Å². The average Bonchev–Trinajstić information content (AvgIpc) is 2.65. The Morgan fingerprint density at radius 3 is 2.42 bits per heavy atom. The first kappa shape index (κ1) is 19.8. The second-order valence-corrected chi connectivity index (χ2v) is 6.28. The summed E-state index contributed by atoms with van der Waals surface area (Å²) in [6.07, 6.45) is -1.06. The van der Waals surface area contributed by atoms with Gasteiger partial charge < -0.3 is 9.64 Å². The second-order valence-electron chi connectivity index (χ2n) is 6.28. The minimum atomic E-state index is -4.70. The number of alkyl halides is 3. The minimum Gasteiger partial charge on any atom is -0.452 e. The van der Waals surface area contributed by atoms with E-state index in [0.717, 1.165) is 37.5 Å². The second kappa shape index (κ2) is 7.77. The summed E-state index contributed by atoms with van der Waals surface area (Å²) in [6.45, 7) is -0.717. The van der Waals surface area contributed by atoms with Crippen molar-refractivity contribution in [3.05, 3.63) is 35.4 Å². The molecule has 0 N–H and O–H groups in total. The Bertz CT molecular complexity index is 719. The molecule has 1 aliphatic rings. The monoisotopic (exact) mass is 368 g/mol. The van der Waals surface area contributed by atoms with Gasteiger partial charge in [0.25, 0.3) is 5.91 Å². The van der Waals surface area contributed by atoms with Crippen LogP contribution in [0.5, 0.6) is 0 Å². The highest BCUT2D eigenvalue weighted by Crippen LogP contribution is 2.33. The van der Waals surface area contributed by atoms with E-state index in [1.165, 1.54) is 18.0 Å². The molecule has 0 saturated heterocycles. The third kappa shape index (κ3) is 4.15. The van der Waals surface area contributed by atoms with Gasteiger partial charge in [-0.15, -0.1) is 0 Å². The number of likely N-dealkylation sites (N-methyl/N-ethyl adjacent to an activating group) is 1. The number of hydrogen-bond acceptors (Lipinski definition) is 4. The van der Waals surface area contributed by atoms with Crippen LogP contribution >= 0.6 is 0 Å². The highest BCUT2D eigenvalue weighted by molar-refractivity contribution is 5.93. The smallest absolute Gasteiger partial charge is 0.417 e. The summed E-state index contributed by atoms with van der Waals surface area (Å²) in [5, 5.41) is 9.47. The largest absolute Gasteiger partial charge is 0.452 e. The van der Waals surface area contributed by atoms with Gasteiger partial charge in [0.05, 0.1) is 17.2 Å². The molecule has 1 aromatic carbocycles. The van der Waals surface area contributed by atoms with Crippen LogP contribution in [0.4, 0.5) is 13.2 Å². The van der Waals surface area contributed by atoms with Gasteiger partial charge in [-0.2, -0.15) is 18.4 Å². The lowest BCUT2D eigenvalue weighted by molar-refractivity contribution is -0.138. The van der Waals surface area contributed by atoms with E-state index in [4.69, 9.17) is 4.74 Å². The van der Waals surface area contributed by atoms with E-state index in [1.54, 1.807) is 0 Å². The molecule has 1 amide bonds. The first-order valence-corrected chi connectivity index (χ1v) is 8.22. The van der Waals surface area contributed by atoms with Crippen LogP contribution in [0.3, 0.4) is 0 Å². The highest BCUT2D eigenvalue weighted by atomic mass is 19.4. The zero-order valence-electron chi connectivity index (χ0n) is 14.3. The van der Waals surface area contributed by atoms with Crippen LogP contribution in [-0.2, 0) is 15.7 Å². The Labute approximate surface area is 149 Å². The number of rotatable bonds is 4. The zero-order chi connectivity index (χ0) is 19.4. The van der Waals surface area contributed by atoms with E-state index >= 15 is 0 Å². The maximum Gasteiger partial charge on any atom is 0.417 e. The predicted molar refractivity (Wildman–Crippen MR) is 85.9 cm³/mol. The summed E-state index contributed by atoms with van der Waals surface area (Å²) in [5.74, 6) is -1.85. The Morgan fingerprint density at radius 2 is 1.85 bits per heavy atom. The van der Waals surface area contributed by atoms with Crippen LogP contribution < -0.4 is 0 Å². The van der Waals surface area contributed by atoms with Crippen molar-refractivity contribution in [2.45, 2.75) is 43.8 Å². The van der Waals surface area contributed by atoms with E-state index in [1.807, 2.05) is 0 Å². The minimum absolute atomic E-state index is 0.524. The van der Waals surface area contributed by atoms with Gasteiger partial charge in [0, 0.05) is 7.05 Å². The molecule has 1 aliphatic carbocycles. The van der Waals surface area contributed by atoms with Gasteiger partial charge in [0.1, 0.15) is 5.54 Å². The fourth-order valence-corrected chi connectivity index (χ4v) is 3.11. The molecule has 1 fully saturated rings. The molecular weight excluding hydrogens is 349 g/mol. The Hall–Kier alpha value is -2.56. The van der Waals surface area contributed by atoms with Crippen LogP contribution in [0.1, 0.15) is 48.0 Å². The fourth-order valence-electron chi connectivity index (χ4n) is 3.11. The standard InChI is InChI=1S/C18H19F3N2O3/c1-23(17(12-22)9-5-2-6-10-17)15(24)11-26-16(25)13-7-3-4-8-14(13)18(19,20)21/h3-4,7-8H,2,5-6,9-11H2,1H3. The van der Waals surface area contributed by atoms with Crippen molar-refractivity contribution in [1.29, 1.82) is 5.26 Å². The molecule has 0 heterocycles. The maximum atomic E-state index is 13.0. The summed E-state index contributed by atoms with van der Waals surface area (Å²) in [5.41, 5.74) is -2.72. The number of carbonyl (C=O) groups excluding carboxylic acids is 2. The number of amides is 1. The molecule has 0 aromatic heterocycles. The molecule has 0 atom stereocenters. The van der Waals surface area contributed by atoms with Crippen molar-refractivity contribution in [2.75, 3.05) is 13.7 Å². The molecule has 140 valence electrons. The first-order chi connectivity index (χ1) is 12.2. The highest BCUT2D eigenvalue weighted by Gasteiger charge is 2.39. The molecule has 0 spiro atoms. The number of ether oxygens (including phenoxy) is 1. The molecular formula is C18H19F3N2O3. The number of benzene rings is 1. The normalized spacial score (nSPS) is 16.4. The zero-order valence-corrected chi connectivity index (χ0v) is 14.3. The van der Waals surface area contributed by atoms with Crippen molar-refractivity contribution in [1.82, 2.24) is 4.90 Å². The first-order valence-electron chi connectivity index (χ1n) is 8.22. The molecule has 0 bridgehead atoms. The summed E-state index contributed by atoms with van der Waals surface area (Å²) in [4.78, 5) is 25.6. The van der Waals surface area contributed by atoms with Gasteiger partial charge in [-0.1, -0.05) is 31.4 Å². The average molecular weight is 368 g/mol. The van der Waals surface area contributed by atoms with E-state index in [9.17, 15) is 28.0 Å². The Morgan fingerprint density at radius 1 is 1.23 bits per heavy atom. The maximum absolute atomic E-state index is 13.0.